The SMILES string of the molecule is Cc1cc(CP(C(C)C)C(C)C)cc(CP(C(C)C)C(C)C)c1. The van der Waals surface area contributed by atoms with Gasteiger partial charge in [-0.2, -0.15) is 0 Å². The molecule has 132 valence electrons. The lowest BCUT2D eigenvalue weighted by Gasteiger charge is -2.28. The molecule has 0 heterocycles. The Labute approximate surface area is 148 Å². The highest BCUT2D eigenvalue weighted by Crippen LogP contribution is 2.51. The predicted octanol–water partition coefficient (Wildman–Crippen LogP) is 7.59. The molecule has 1 rings (SSSR count). The molecule has 1 aromatic rings. The molecule has 0 aliphatic carbocycles. The zero-order valence-corrected chi connectivity index (χ0v) is 18.6. The van der Waals surface area contributed by atoms with Crippen molar-refractivity contribution in [2.75, 3.05) is 0 Å². The van der Waals surface area contributed by atoms with Crippen molar-refractivity contribution >= 4 is 15.8 Å². The third kappa shape index (κ3) is 6.84. The minimum absolute atomic E-state index is 0.0804. The smallest absolute Gasteiger partial charge is 0.00683 e. The number of benzene rings is 1. The van der Waals surface area contributed by atoms with Gasteiger partial charge in [-0.3, -0.25) is 0 Å². The maximum Gasteiger partial charge on any atom is -0.00683 e. The lowest BCUT2D eigenvalue weighted by molar-refractivity contribution is 0.990. The van der Waals surface area contributed by atoms with Crippen molar-refractivity contribution in [2.24, 2.45) is 0 Å². The molecule has 0 aliphatic rings. The van der Waals surface area contributed by atoms with Crippen LogP contribution in [-0.2, 0) is 12.3 Å². The Kier molecular flexibility index (Phi) is 8.76. The summed E-state index contributed by atoms with van der Waals surface area (Å²) >= 11 is 0. The van der Waals surface area contributed by atoms with Gasteiger partial charge in [0.15, 0.2) is 0 Å². The molecule has 0 spiro atoms. The molecule has 0 bridgehead atoms. The van der Waals surface area contributed by atoms with Gasteiger partial charge in [-0.1, -0.05) is 95.0 Å². The summed E-state index contributed by atoms with van der Waals surface area (Å²) in [5.74, 6) is 0. The first kappa shape index (κ1) is 21.1. The second-order valence-electron chi connectivity index (χ2n) is 8.05. The molecule has 0 aromatic heterocycles. The Bertz CT molecular complexity index is 418. The summed E-state index contributed by atoms with van der Waals surface area (Å²) in [7, 11) is 0.161. The average molecular weight is 352 g/mol. The average Bonchev–Trinajstić information content (AvgIpc) is 2.40. The molecule has 1 aromatic carbocycles. The summed E-state index contributed by atoms with van der Waals surface area (Å²) < 4.78 is 0. The van der Waals surface area contributed by atoms with E-state index in [9.17, 15) is 0 Å². The van der Waals surface area contributed by atoms with Gasteiger partial charge >= 0.3 is 0 Å². The molecular weight excluding hydrogens is 314 g/mol. The quantitative estimate of drug-likeness (QED) is 0.423. The Morgan fingerprint density at radius 2 is 0.913 bits per heavy atom. The molecule has 0 nitrogen and oxygen atoms in total. The molecule has 0 atom stereocenters. The molecule has 23 heavy (non-hydrogen) atoms. The van der Waals surface area contributed by atoms with Crippen LogP contribution in [0.5, 0.6) is 0 Å². The highest BCUT2D eigenvalue weighted by molar-refractivity contribution is 7.58. The number of hydrogen-bond acceptors (Lipinski definition) is 0. The molecular formula is C21H38P2. The predicted molar refractivity (Wildman–Crippen MR) is 113 cm³/mol. The van der Waals surface area contributed by atoms with Crippen LogP contribution in [0.2, 0.25) is 0 Å². The van der Waals surface area contributed by atoms with Crippen LogP contribution >= 0.6 is 15.8 Å². The third-order valence-corrected chi connectivity index (χ3v) is 11.3. The second kappa shape index (κ2) is 9.53. The summed E-state index contributed by atoms with van der Waals surface area (Å²) in [6, 6.07) is 7.38. The molecule has 2 heteroatoms. The first-order valence-corrected chi connectivity index (χ1v) is 12.6. The van der Waals surface area contributed by atoms with E-state index in [2.05, 4.69) is 80.5 Å². The number of rotatable bonds is 8. The van der Waals surface area contributed by atoms with Crippen molar-refractivity contribution < 1.29 is 0 Å². The fourth-order valence-corrected chi connectivity index (χ4v) is 8.53. The standard InChI is InChI=1S/C21H38P2/c1-15(2)22(16(3)4)13-20-10-19(9)11-21(12-20)14-23(17(5)6)18(7)8/h10-12,15-18H,13-14H2,1-9H3. The fourth-order valence-electron chi connectivity index (χ4n) is 3.48. The Morgan fingerprint density at radius 3 is 1.17 bits per heavy atom. The van der Waals surface area contributed by atoms with E-state index in [1.54, 1.807) is 11.1 Å². The molecule has 0 N–H and O–H groups in total. The van der Waals surface area contributed by atoms with Gasteiger partial charge in [0.2, 0.25) is 0 Å². The first-order valence-electron chi connectivity index (χ1n) is 9.22. The second-order valence-corrected chi connectivity index (χ2v) is 14.9. The van der Waals surface area contributed by atoms with Crippen molar-refractivity contribution in [1.29, 1.82) is 0 Å². The highest BCUT2D eigenvalue weighted by atomic mass is 31.1. The van der Waals surface area contributed by atoms with E-state index < -0.39 is 0 Å². The Hall–Kier alpha value is 0.0800. The van der Waals surface area contributed by atoms with Crippen molar-refractivity contribution in [1.82, 2.24) is 0 Å². The zero-order chi connectivity index (χ0) is 17.7. The van der Waals surface area contributed by atoms with Crippen LogP contribution < -0.4 is 0 Å². The van der Waals surface area contributed by atoms with Crippen LogP contribution in [0.15, 0.2) is 18.2 Å². The van der Waals surface area contributed by atoms with Gasteiger partial charge in [0.05, 0.1) is 0 Å². The van der Waals surface area contributed by atoms with Gasteiger partial charge in [-0.15, -0.1) is 0 Å². The molecule has 0 fully saturated rings. The minimum Gasteiger partial charge on any atom is -0.0970 e. The molecule has 0 radical (unpaired) electrons. The van der Waals surface area contributed by atoms with Crippen LogP contribution in [0.1, 0.15) is 72.1 Å². The maximum atomic E-state index is 2.52. The number of aryl methyl sites for hydroxylation is 1. The van der Waals surface area contributed by atoms with Crippen molar-refractivity contribution in [3.63, 3.8) is 0 Å². The molecule has 0 unspecified atom stereocenters. The largest absolute Gasteiger partial charge is 0.0970 e. The number of hydrogen-bond donors (Lipinski definition) is 0. The van der Waals surface area contributed by atoms with Gasteiger partial charge in [0.1, 0.15) is 0 Å². The van der Waals surface area contributed by atoms with Gasteiger partial charge in [-0.05, 0) is 53.0 Å². The topological polar surface area (TPSA) is 0 Å². The van der Waals surface area contributed by atoms with Gasteiger partial charge in [0.25, 0.3) is 0 Å². The normalized spacial score (nSPS) is 12.7. The van der Waals surface area contributed by atoms with E-state index in [1.807, 2.05) is 0 Å². The summed E-state index contributed by atoms with van der Waals surface area (Å²) in [6.45, 7) is 21.5. The molecule has 0 saturated heterocycles. The summed E-state index contributed by atoms with van der Waals surface area (Å²) in [5, 5.41) is 0. The minimum atomic E-state index is 0.0804. The van der Waals surface area contributed by atoms with Crippen LogP contribution in [0.3, 0.4) is 0 Å². The lowest BCUT2D eigenvalue weighted by atomic mass is 10.1. The summed E-state index contributed by atoms with van der Waals surface area (Å²) in [5.41, 5.74) is 7.87. The van der Waals surface area contributed by atoms with Gasteiger partial charge in [0, 0.05) is 0 Å². The van der Waals surface area contributed by atoms with Gasteiger partial charge in [-0.25, -0.2) is 0 Å². The molecule has 0 saturated carbocycles. The van der Waals surface area contributed by atoms with Crippen LogP contribution in [0, 0.1) is 6.92 Å². The van der Waals surface area contributed by atoms with E-state index in [0.29, 0.717) is 0 Å². The van der Waals surface area contributed by atoms with Crippen molar-refractivity contribution in [2.45, 2.75) is 97.3 Å². The monoisotopic (exact) mass is 352 g/mol. The van der Waals surface area contributed by atoms with E-state index >= 15 is 0 Å². The third-order valence-electron chi connectivity index (χ3n) is 4.58. The Morgan fingerprint density at radius 1 is 0.609 bits per heavy atom. The van der Waals surface area contributed by atoms with Crippen LogP contribution in [0.25, 0.3) is 0 Å². The molecule has 0 amide bonds. The van der Waals surface area contributed by atoms with Gasteiger partial charge < -0.3 is 0 Å². The summed E-state index contributed by atoms with van der Waals surface area (Å²) in [4.78, 5) is 0. The fraction of sp³-hybridized carbons (Fsp3) is 0.714. The maximum absolute atomic E-state index is 2.52. The first-order chi connectivity index (χ1) is 10.6. The summed E-state index contributed by atoms with van der Waals surface area (Å²) in [6.07, 6.45) is 2.58. The Balaban J connectivity index is 2.99. The lowest BCUT2D eigenvalue weighted by Crippen LogP contribution is -2.07. The van der Waals surface area contributed by atoms with Crippen LogP contribution in [0.4, 0.5) is 0 Å². The van der Waals surface area contributed by atoms with E-state index in [1.165, 1.54) is 17.9 Å². The van der Waals surface area contributed by atoms with Crippen molar-refractivity contribution in [3.05, 3.63) is 34.9 Å². The van der Waals surface area contributed by atoms with E-state index in [4.69, 9.17) is 0 Å². The van der Waals surface area contributed by atoms with E-state index in [-0.39, 0.29) is 15.8 Å². The zero-order valence-electron chi connectivity index (χ0n) is 16.9. The van der Waals surface area contributed by atoms with Crippen LogP contribution in [-0.4, -0.2) is 22.6 Å². The molecule has 0 aliphatic heterocycles. The van der Waals surface area contributed by atoms with Crippen molar-refractivity contribution in [3.8, 4) is 0 Å². The highest BCUT2D eigenvalue weighted by Gasteiger charge is 2.19. The van der Waals surface area contributed by atoms with E-state index in [0.717, 1.165) is 22.6 Å².